The van der Waals surface area contributed by atoms with Crippen molar-refractivity contribution in [2.45, 2.75) is 12.8 Å². The fourth-order valence-corrected chi connectivity index (χ4v) is 3.33. The number of fused-ring (bicyclic) bond motifs is 1. The van der Waals surface area contributed by atoms with Crippen LogP contribution in [0.1, 0.15) is 23.2 Å². The quantitative estimate of drug-likeness (QED) is 0.471. The van der Waals surface area contributed by atoms with Gasteiger partial charge in [0.25, 0.3) is 0 Å². The molecule has 1 saturated heterocycles. The number of hydrogen-bond donors (Lipinski definition) is 0. The van der Waals surface area contributed by atoms with Gasteiger partial charge in [-0.15, -0.1) is 0 Å². The molecule has 1 fully saturated rings. The van der Waals surface area contributed by atoms with Crippen molar-refractivity contribution in [3.63, 3.8) is 0 Å². The topological polar surface area (TPSA) is 81.9 Å². The van der Waals surface area contributed by atoms with E-state index in [9.17, 15) is 9.59 Å². The summed E-state index contributed by atoms with van der Waals surface area (Å²) in [6.07, 6.45) is 2.40. The minimum Gasteiger partial charge on any atom is -0.463 e. The van der Waals surface area contributed by atoms with Crippen LogP contribution in [0.15, 0.2) is 53.1 Å². The lowest BCUT2D eigenvalue weighted by molar-refractivity contribution is -0.135. The van der Waals surface area contributed by atoms with Crippen LogP contribution in [0.4, 0.5) is 0 Å². The minimum atomic E-state index is -0.435. The summed E-state index contributed by atoms with van der Waals surface area (Å²) in [5.41, 5.74) is 1.69. The Bertz CT molecular complexity index is 994. The number of nitrogens with zero attached hydrogens (tertiary/aromatic N) is 2. The van der Waals surface area contributed by atoms with Crippen LogP contribution >= 0.6 is 0 Å². The molecule has 150 valence electrons. The Morgan fingerprint density at radius 3 is 2.72 bits per heavy atom. The van der Waals surface area contributed by atoms with Gasteiger partial charge in [-0.05, 0) is 30.7 Å². The van der Waals surface area contributed by atoms with Crippen molar-refractivity contribution in [3.05, 3.63) is 54.3 Å². The summed E-state index contributed by atoms with van der Waals surface area (Å²) < 4.78 is 16.1. The van der Waals surface area contributed by atoms with Crippen molar-refractivity contribution in [1.82, 2.24) is 9.88 Å². The van der Waals surface area contributed by atoms with E-state index in [-0.39, 0.29) is 12.5 Å². The normalized spacial score (nSPS) is 14.1. The average molecular weight is 394 g/mol. The Balaban J connectivity index is 1.42. The first-order chi connectivity index (χ1) is 14.2. The number of carbonyl (C=O) groups is 2. The van der Waals surface area contributed by atoms with Crippen LogP contribution in [0.3, 0.4) is 0 Å². The lowest BCUT2D eigenvalue weighted by Gasteiger charge is -2.26. The summed E-state index contributed by atoms with van der Waals surface area (Å²) in [5, 5.41) is 0.720. The molecule has 0 bridgehead atoms. The van der Waals surface area contributed by atoms with Crippen LogP contribution in [0.2, 0.25) is 0 Å². The Hall–Kier alpha value is -3.19. The van der Waals surface area contributed by atoms with Crippen LogP contribution in [-0.2, 0) is 14.3 Å². The second-order valence-corrected chi connectivity index (χ2v) is 6.78. The van der Waals surface area contributed by atoms with Gasteiger partial charge in [-0.3, -0.25) is 4.79 Å². The van der Waals surface area contributed by atoms with Gasteiger partial charge in [0.05, 0.1) is 37.2 Å². The molecule has 0 unspecified atom stereocenters. The largest absolute Gasteiger partial charge is 0.463 e. The summed E-state index contributed by atoms with van der Waals surface area (Å²) in [6, 6.07) is 12.7. The van der Waals surface area contributed by atoms with Gasteiger partial charge in [0.15, 0.2) is 5.76 Å². The molecule has 0 aliphatic carbocycles. The zero-order valence-corrected chi connectivity index (χ0v) is 16.0. The first-order valence-corrected chi connectivity index (χ1v) is 9.69. The molecular weight excluding hydrogens is 372 g/mol. The van der Waals surface area contributed by atoms with E-state index in [4.69, 9.17) is 13.9 Å². The van der Waals surface area contributed by atoms with Gasteiger partial charge in [-0.1, -0.05) is 18.2 Å². The monoisotopic (exact) mass is 394 g/mol. The highest BCUT2D eigenvalue weighted by Crippen LogP contribution is 2.25. The third-order valence-corrected chi connectivity index (χ3v) is 4.84. The molecule has 3 aromatic rings. The molecule has 1 aliphatic rings. The molecular formula is C22H22N2O5. The number of ether oxygens (including phenoxy) is 2. The number of hydrogen-bond acceptors (Lipinski definition) is 6. The summed E-state index contributed by atoms with van der Waals surface area (Å²) >= 11 is 0. The molecule has 1 aromatic carbocycles. The standard InChI is InChI=1S/C22H22N2O5/c25-21(24-9-13-27-14-10-24)8-4-12-29-22(26)17-15-19(20-7-3-11-28-20)23-18-6-2-1-5-16(17)18/h1-3,5-7,11,15H,4,8-10,12-14H2. The Kier molecular flexibility index (Phi) is 5.86. The third kappa shape index (κ3) is 4.46. The predicted octanol–water partition coefficient (Wildman–Crippen LogP) is 3.29. The van der Waals surface area contributed by atoms with Gasteiger partial charge in [-0.2, -0.15) is 0 Å². The number of para-hydroxylation sites is 1. The first kappa shape index (κ1) is 19.1. The maximum Gasteiger partial charge on any atom is 0.338 e. The summed E-state index contributed by atoms with van der Waals surface area (Å²) in [4.78, 5) is 31.3. The van der Waals surface area contributed by atoms with Gasteiger partial charge in [0, 0.05) is 24.9 Å². The van der Waals surface area contributed by atoms with Crippen molar-refractivity contribution < 1.29 is 23.5 Å². The van der Waals surface area contributed by atoms with E-state index in [1.807, 2.05) is 24.3 Å². The maximum absolute atomic E-state index is 12.7. The molecule has 29 heavy (non-hydrogen) atoms. The van der Waals surface area contributed by atoms with E-state index in [1.54, 1.807) is 29.4 Å². The fraction of sp³-hybridized carbons (Fsp3) is 0.318. The number of esters is 1. The number of furan rings is 1. The lowest BCUT2D eigenvalue weighted by atomic mass is 10.1. The number of pyridine rings is 1. The average Bonchev–Trinajstić information content (AvgIpc) is 3.31. The van der Waals surface area contributed by atoms with Crippen LogP contribution < -0.4 is 0 Å². The number of benzene rings is 1. The molecule has 0 radical (unpaired) electrons. The molecule has 0 N–H and O–H groups in total. The van der Waals surface area contributed by atoms with Gasteiger partial charge in [-0.25, -0.2) is 9.78 Å². The highest BCUT2D eigenvalue weighted by atomic mass is 16.5. The molecule has 2 aromatic heterocycles. The van der Waals surface area contributed by atoms with E-state index >= 15 is 0 Å². The van der Waals surface area contributed by atoms with Crippen LogP contribution in [0.25, 0.3) is 22.4 Å². The SMILES string of the molecule is O=C(OCCCC(=O)N1CCOCC1)c1cc(-c2ccco2)nc2ccccc12. The summed E-state index contributed by atoms with van der Waals surface area (Å²) in [6.45, 7) is 2.58. The van der Waals surface area contributed by atoms with Crippen LogP contribution in [-0.4, -0.2) is 54.7 Å². The predicted molar refractivity (Wildman–Crippen MR) is 106 cm³/mol. The summed E-state index contributed by atoms with van der Waals surface area (Å²) in [7, 11) is 0. The van der Waals surface area contributed by atoms with E-state index in [1.165, 1.54) is 0 Å². The van der Waals surface area contributed by atoms with E-state index in [0.717, 1.165) is 5.39 Å². The smallest absolute Gasteiger partial charge is 0.338 e. The number of aromatic nitrogens is 1. The maximum atomic E-state index is 12.7. The molecule has 4 rings (SSSR count). The highest BCUT2D eigenvalue weighted by Gasteiger charge is 2.18. The fourth-order valence-electron chi connectivity index (χ4n) is 3.33. The molecule has 0 saturated carbocycles. The Morgan fingerprint density at radius 1 is 1.10 bits per heavy atom. The van der Waals surface area contributed by atoms with E-state index < -0.39 is 5.97 Å². The van der Waals surface area contributed by atoms with Crippen LogP contribution in [0.5, 0.6) is 0 Å². The van der Waals surface area contributed by atoms with Crippen molar-refractivity contribution in [2.75, 3.05) is 32.9 Å². The van der Waals surface area contributed by atoms with Crippen LogP contribution in [0, 0.1) is 0 Å². The van der Waals surface area contributed by atoms with Crippen molar-refractivity contribution in [2.24, 2.45) is 0 Å². The van der Waals surface area contributed by atoms with E-state index in [2.05, 4.69) is 4.98 Å². The number of rotatable bonds is 6. The second kappa shape index (κ2) is 8.87. The zero-order chi connectivity index (χ0) is 20.1. The summed E-state index contributed by atoms with van der Waals surface area (Å²) in [5.74, 6) is 0.218. The van der Waals surface area contributed by atoms with Crippen molar-refractivity contribution in [1.29, 1.82) is 0 Å². The van der Waals surface area contributed by atoms with Gasteiger partial charge >= 0.3 is 5.97 Å². The minimum absolute atomic E-state index is 0.0683. The lowest BCUT2D eigenvalue weighted by Crippen LogP contribution is -2.40. The van der Waals surface area contributed by atoms with E-state index in [0.29, 0.717) is 61.7 Å². The van der Waals surface area contributed by atoms with Crippen molar-refractivity contribution in [3.8, 4) is 11.5 Å². The van der Waals surface area contributed by atoms with Gasteiger partial charge < -0.3 is 18.8 Å². The van der Waals surface area contributed by atoms with Gasteiger partial charge in [0.2, 0.25) is 5.91 Å². The van der Waals surface area contributed by atoms with Crippen molar-refractivity contribution >= 4 is 22.8 Å². The molecule has 3 heterocycles. The highest BCUT2D eigenvalue weighted by molar-refractivity contribution is 6.04. The third-order valence-electron chi connectivity index (χ3n) is 4.84. The van der Waals surface area contributed by atoms with Gasteiger partial charge in [0.1, 0.15) is 5.69 Å². The zero-order valence-electron chi connectivity index (χ0n) is 16.0. The Labute approximate surface area is 168 Å². The molecule has 0 spiro atoms. The molecule has 7 heteroatoms. The first-order valence-electron chi connectivity index (χ1n) is 9.69. The number of carbonyl (C=O) groups excluding carboxylic acids is 2. The second-order valence-electron chi connectivity index (χ2n) is 6.78. The number of amides is 1. The molecule has 7 nitrogen and oxygen atoms in total. The number of morpholine rings is 1. The Morgan fingerprint density at radius 2 is 1.93 bits per heavy atom. The molecule has 0 atom stereocenters. The molecule has 1 aliphatic heterocycles. The molecule has 1 amide bonds.